The van der Waals surface area contributed by atoms with Gasteiger partial charge in [0, 0.05) is 35.6 Å². The summed E-state index contributed by atoms with van der Waals surface area (Å²) in [5.74, 6) is -0.170. The van der Waals surface area contributed by atoms with E-state index < -0.39 is 0 Å². The maximum absolute atomic E-state index is 11.5. The zero-order valence-corrected chi connectivity index (χ0v) is 12.6. The van der Waals surface area contributed by atoms with Crippen molar-refractivity contribution in [1.29, 1.82) is 0 Å². The Labute approximate surface area is 126 Å². The smallest absolute Gasteiger partial charge is 0.250 e. The Morgan fingerprint density at radius 3 is 3.05 bits per heavy atom. The molecular formula is C15H15N3O2S. The van der Waals surface area contributed by atoms with Crippen LogP contribution in [0.5, 0.6) is 0 Å². The number of carbonyl (C=O) groups is 1. The molecule has 0 aliphatic heterocycles. The Kier molecular flexibility index (Phi) is 3.72. The fraction of sp³-hybridized carbons (Fsp3) is 0.200. The van der Waals surface area contributed by atoms with E-state index in [1.54, 1.807) is 11.3 Å². The lowest BCUT2D eigenvalue weighted by Gasteiger charge is -2.05. The van der Waals surface area contributed by atoms with Crippen LogP contribution in [0.1, 0.15) is 4.88 Å². The standard InChI is InChI=1S/C15H15N3O2S/c1-10-7-18-8-13(17-15(18)21-10)11-4-3-5-12(6-11)16-14(19)9-20-2/h3-8H,9H2,1-2H3,(H,16,19). The average molecular weight is 301 g/mol. The highest BCUT2D eigenvalue weighted by atomic mass is 32.1. The topological polar surface area (TPSA) is 55.6 Å². The number of hydrogen-bond donors (Lipinski definition) is 1. The number of nitrogens with one attached hydrogen (secondary N) is 1. The summed E-state index contributed by atoms with van der Waals surface area (Å²) in [6.07, 6.45) is 4.05. The molecule has 2 heterocycles. The van der Waals surface area contributed by atoms with Gasteiger partial charge in [-0.3, -0.25) is 9.20 Å². The van der Waals surface area contributed by atoms with Gasteiger partial charge < -0.3 is 10.1 Å². The first-order chi connectivity index (χ1) is 10.2. The van der Waals surface area contributed by atoms with Gasteiger partial charge in [0.25, 0.3) is 0 Å². The molecule has 3 rings (SSSR count). The van der Waals surface area contributed by atoms with Gasteiger partial charge in [0.05, 0.1) is 5.69 Å². The molecule has 0 unspecified atom stereocenters. The van der Waals surface area contributed by atoms with Crippen molar-refractivity contribution in [2.75, 3.05) is 19.0 Å². The van der Waals surface area contributed by atoms with Gasteiger partial charge in [-0.1, -0.05) is 12.1 Å². The number of aromatic nitrogens is 2. The van der Waals surface area contributed by atoms with Crippen molar-refractivity contribution in [3.8, 4) is 11.3 Å². The third kappa shape index (κ3) is 2.96. The van der Waals surface area contributed by atoms with Gasteiger partial charge in [0.2, 0.25) is 5.91 Å². The van der Waals surface area contributed by atoms with Crippen molar-refractivity contribution in [3.63, 3.8) is 0 Å². The molecule has 0 saturated heterocycles. The van der Waals surface area contributed by atoms with E-state index in [4.69, 9.17) is 4.74 Å². The molecule has 1 aromatic carbocycles. The molecule has 1 N–H and O–H groups in total. The van der Waals surface area contributed by atoms with Gasteiger partial charge in [-0.25, -0.2) is 4.98 Å². The number of ether oxygens (including phenoxy) is 1. The lowest BCUT2D eigenvalue weighted by molar-refractivity contribution is -0.119. The average Bonchev–Trinajstić information content (AvgIpc) is 2.96. The first-order valence-corrected chi connectivity index (χ1v) is 7.32. The monoisotopic (exact) mass is 301 g/mol. The quantitative estimate of drug-likeness (QED) is 0.806. The molecule has 0 atom stereocenters. The van der Waals surface area contributed by atoms with Crippen molar-refractivity contribution in [2.45, 2.75) is 6.92 Å². The maximum atomic E-state index is 11.5. The molecule has 2 aromatic heterocycles. The van der Waals surface area contributed by atoms with Gasteiger partial charge in [0.1, 0.15) is 6.61 Å². The predicted molar refractivity (Wildman–Crippen MR) is 83.7 cm³/mol. The molecule has 21 heavy (non-hydrogen) atoms. The van der Waals surface area contributed by atoms with Crippen LogP contribution in [0.15, 0.2) is 36.7 Å². The number of imidazole rings is 1. The Hall–Kier alpha value is -2.18. The van der Waals surface area contributed by atoms with Gasteiger partial charge in [-0.2, -0.15) is 0 Å². The molecule has 0 radical (unpaired) electrons. The molecule has 5 nitrogen and oxygen atoms in total. The number of amides is 1. The van der Waals surface area contributed by atoms with Crippen LogP contribution in [-0.2, 0) is 9.53 Å². The summed E-state index contributed by atoms with van der Waals surface area (Å²) in [6.45, 7) is 2.11. The molecular weight excluding hydrogens is 286 g/mol. The number of carbonyl (C=O) groups excluding carboxylic acids is 1. The van der Waals surface area contributed by atoms with Crippen LogP contribution in [0.2, 0.25) is 0 Å². The molecule has 0 saturated carbocycles. The number of thiazole rings is 1. The van der Waals surface area contributed by atoms with Gasteiger partial charge >= 0.3 is 0 Å². The minimum Gasteiger partial charge on any atom is -0.375 e. The van der Waals surface area contributed by atoms with E-state index in [0.29, 0.717) is 0 Å². The number of benzene rings is 1. The zero-order chi connectivity index (χ0) is 14.8. The van der Waals surface area contributed by atoms with Gasteiger partial charge in [-0.15, -0.1) is 11.3 Å². The summed E-state index contributed by atoms with van der Waals surface area (Å²) < 4.78 is 6.82. The van der Waals surface area contributed by atoms with Crippen LogP contribution < -0.4 is 5.32 Å². The van der Waals surface area contributed by atoms with E-state index in [1.807, 2.05) is 34.9 Å². The third-order valence-corrected chi connectivity index (χ3v) is 3.90. The minimum absolute atomic E-state index is 0.0454. The summed E-state index contributed by atoms with van der Waals surface area (Å²) in [5.41, 5.74) is 2.60. The van der Waals surface area contributed by atoms with E-state index in [0.717, 1.165) is 21.9 Å². The lowest BCUT2D eigenvalue weighted by Crippen LogP contribution is -2.16. The number of nitrogens with zero attached hydrogens (tertiary/aromatic N) is 2. The Morgan fingerprint density at radius 1 is 1.43 bits per heavy atom. The molecule has 3 aromatic rings. The van der Waals surface area contributed by atoms with Crippen molar-refractivity contribution in [1.82, 2.24) is 9.38 Å². The fourth-order valence-corrected chi connectivity index (χ4v) is 2.94. The fourth-order valence-electron chi connectivity index (χ4n) is 2.13. The van der Waals surface area contributed by atoms with E-state index in [-0.39, 0.29) is 12.5 Å². The van der Waals surface area contributed by atoms with E-state index in [2.05, 4.69) is 23.4 Å². The number of anilines is 1. The second-order valence-corrected chi connectivity index (χ2v) is 5.93. The molecule has 108 valence electrons. The summed E-state index contributed by atoms with van der Waals surface area (Å²) in [6, 6.07) is 7.63. The first-order valence-electron chi connectivity index (χ1n) is 6.50. The van der Waals surface area contributed by atoms with Crippen molar-refractivity contribution in [3.05, 3.63) is 41.5 Å². The molecule has 0 bridgehead atoms. The Balaban J connectivity index is 1.87. The largest absolute Gasteiger partial charge is 0.375 e. The van der Waals surface area contributed by atoms with Crippen LogP contribution in [0, 0.1) is 6.92 Å². The second kappa shape index (κ2) is 5.67. The minimum atomic E-state index is -0.170. The van der Waals surface area contributed by atoms with E-state index in [1.165, 1.54) is 12.0 Å². The number of hydrogen-bond acceptors (Lipinski definition) is 4. The summed E-state index contributed by atoms with van der Waals surface area (Å²) in [7, 11) is 1.50. The van der Waals surface area contributed by atoms with Gasteiger partial charge in [0.15, 0.2) is 4.96 Å². The summed E-state index contributed by atoms with van der Waals surface area (Å²) in [5, 5.41) is 2.79. The van der Waals surface area contributed by atoms with Crippen molar-refractivity contribution < 1.29 is 9.53 Å². The van der Waals surface area contributed by atoms with Gasteiger partial charge in [-0.05, 0) is 19.1 Å². The molecule has 0 aliphatic rings. The SMILES string of the molecule is COCC(=O)Nc1cccc(-c2cn3cc(C)sc3n2)c1. The predicted octanol–water partition coefficient (Wildman–Crippen LogP) is 2.96. The third-order valence-electron chi connectivity index (χ3n) is 2.99. The number of aryl methyl sites for hydroxylation is 1. The van der Waals surface area contributed by atoms with Crippen molar-refractivity contribution >= 4 is 27.9 Å². The second-order valence-electron chi connectivity index (χ2n) is 4.72. The van der Waals surface area contributed by atoms with Crippen LogP contribution >= 0.6 is 11.3 Å². The van der Waals surface area contributed by atoms with Crippen LogP contribution in [-0.4, -0.2) is 29.0 Å². The number of rotatable bonds is 4. The zero-order valence-electron chi connectivity index (χ0n) is 11.8. The Morgan fingerprint density at radius 2 is 2.29 bits per heavy atom. The van der Waals surface area contributed by atoms with Crippen LogP contribution in [0.4, 0.5) is 5.69 Å². The summed E-state index contributed by atoms with van der Waals surface area (Å²) >= 11 is 1.65. The molecule has 6 heteroatoms. The van der Waals surface area contributed by atoms with Crippen molar-refractivity contribution in [2.24, 2.45) is 0 Å². The van der Waals surface area contributed by atoms with E-state index in [9.17, 15) is 4.79 Å². The molecule has 0 aliphatic carbocycles. The maximum Gasteiger partial charge on any atom is 0.250 e. The first kappa shape index (κ1) is 13.8. The van der Waals surface area contributed by atoms with Crippen LogP contribution in [0.25, 0.3) is 16.2 Å². The molecule has 1 amide bonds. The lowest BCUT2D eigenvalue weighted by atomic mass is 10.1. The normalized spacial score (nSPS) is 11.0. The highest BCUT2D eigenvalue weighted by Crippen LogP contribution is 2.25. The molecule has 0 spiro atoms. The number of fused-ring (bicyclic) bond motifs is 1. The number of methoxy groups -OCH3 is 1. The molecule has 0 fully saturated rings. The van der Waals surface area contributed by atoms with E-state index >= 15 is 0 Å². The Bertz CT molecular complexity index is 760. The highest BCUT2D eigenvalue weighted by Gasteiger charge is 2.08. The summed E-state index contributed by atoms with van der Waals surface area (Å²) in [4.78, 5) is 18.3. The van der Waals surface area contributed by atoms with Crippen LogP contribution in [0.3, 0.4) is 0 Å². The highest BCUT2D eigenvalue weighted by molar-refractivity contribution is 7.17.